The highest BCUT2D eigenvalue weighted by molar-refractivity contribution is 7.91. The van der Waals surface area contributed by atoms with E-state index >= 15 is 0 Å². The number of amides is 2. The van der Waals surface area contributed by atoms with Crippen molar-refractivity contribution in [3.8, 4) is 0 Å². The van der Waals surface area contributed by atoms with Crippen LogP contribution in [0.25, 0.3) is 0 Å². The van der Waals surface area contributed by atoms with Crippen LogP contribution in [0, 0.1) is 0 Å². The molecule has 0 aromatic heterocycles. The maximum atomic E-state index is 13.1. The topological polar surface area (TPSA) is 83.5 Å². The third-order valence-electron chi connectivity index (χ3n) is 4.65. The van der Waals surface area contributed by atoms with Crippen molar-refractivity contribution in [1.82, 2.24) is 10.2 Å². The molecule has 0 bridgehead atoms. The van der Waals surface area contributed by atoms with Crippen molar-refractivity contribution in [2.45, 2.75) is 23.0 Å². The molecule has 0 spiro atoms. The molecule has 0 unspecified atom stereocenters. The molecule has 27 heavy (non-hydrogen) atoms. The summed E-state index contributed by atoms with van der Waals surface area (Å²) in [5.74, 6) is -1.36. The van der Waals surface area contributed by atoms with Gasteiger partial charge in [-0.3, -0.25) is 9.59 Å². The first kappa shape index (κ1) is 19.1. The van der Waals surface area contributed by atoms with Crippen molar-refractivity contribution in [1.29, 1.82) is 0 Å². The van der Waals surface area contributed by atoms with E-state index in [9.17, 15) is 18.0 Å². The Kier molecular flexibility index (Phi) is 5.91. The molecule has 0 aliphatic carbocycles. The van der Waals surface area contributed by atoms with Gasteiger partial charge in [-0.05, 0) is 30.5 Å². The first-order valence-corrected chi connectivity index (χ1v) is 10.5. The highest BCUT2D eigenvalue weighted by atomic mass is 32.2. The number of carbonyl (C=O) groups excluding carboxylic acids is 2. The van der Waals surface area contributed by atoms with Gasteiger partial charge in [0.1, 0.15) is 5.25 Å². The van der Waals surface area contributed by atoms with E-state index < -0.39 is 26.9 Å². The van der Waals surface area contributed by atoms with Gasteiger partial charge in [-0.1, -0.05) is 48.5 Å². The van der Waals surface area contributed by atoms with Crippen LogP contribution in [-0.2, 0) is 19.4 Å². The Balaban J connectivity index is 1.81. The number of rotatable bonds is 5. The molecular formula is C20H22N2O4S. The number of sulfone groups is 1. The zero-order chi connectivity index (χ0) is 19.3. The van der Waals surface area contributed by atoms with E-state index in [0.29, 0.717) is 18.7 Å². The van der Waals surface area contributed by atoms with E-state index in [1.165, 1.54) is 17.0 Å². The zero-order valence-electron chi connectivity index (χ0n) is 14.9. The second-order valence-corrected chi connectivity index (χ2v) is 8.60. The number of nitrogens with zero attached hydrogens (tertiary/aromatic N) is 1. The Bertz CT molecular complexity index is 892. The lowest BCUT2D eigenvalue weighted by Crippen LogP contribution is -2.43. The second-order valence-electron chi connectivity index (χ2n) is 6.47. The van der Waals surface area contributed by atoms with Crippen molar-refractivity contribution in [2.75, 3.05) is 19.6 Å². The van der Waals surface area contributed by atoms with Crippen LogP contribution in [0.1, 0.15) is 23.7 Å². The Hall–Kier alpha value is -2.67. The molecule has 1 aliphatic rings. The molecule has 2 aromatic carbocycles. The fourth-order valence-corrected chi connectivity index (χ4v) is 4.86. The van der Waals surface area contributed by atoms with Crippen LogP contribution in [0.4, 0.5) is 0 Å². The van der Waals surface area contributed by atoms with Gasteiger partial charge in [0, 0.05) is 19.6 Å². The van der Waals surface area contributed by atoms with Crippen molar-refractivity contribution >= 4 is 21.7 Å². The fourth-order valence-electron chi connectivity index (χ4n) is 3.17. The average Bonchev–Trinajstić information content (AvgIpc) is 3.23. The SMILES string of the molecule is O=C(NC[C@H](c1ccccc1)S(=O)(=O)c1ccccc1)C(=O)N1CCCC1. The van der Waals surface area contributed by atoms with Gasteiger partial charge >= 0.3 is 11.8 Å². The first-order valence-electron chi connectivity index (χ1n) is 8.91. The largest absolute Gasteiger partial charge is 0.346 e. The Morgan fingerprint density at radius 1 is 0.926 bits per heavy atom. The lowest BCUT2D eigenvalue weighted by molar-refractivity contribution is -0.145. The molecule has 1 heterocycles. The molecule has 1 saturated heterocycles. The van der Waals surface area contributed by atoms with Crippen molar-refractivity contribution in [3.63, 3.8) is 0 Å². The summed E-state index contributed by atoms with van der Waals surface area (Å²) in [5.41, 5.74) is 0.565. The maximum absolute atomic E-state index is 13.1. The van der Waals surface area contributed by atoms with E-state index in [-0.39, 0.29) is 11.4 Å². The quantitative estimate of drug-likeness (QED) is 0.796. The van der Waals surface area contributed by atoms with Crippen LogP contribution in [0.5, 0.6) is 0 Å². The predicted octanol–water partition coefficient (Wildman–Crippen LogP) is 1.94. The van der Waals surface area contributed by atoms with Crippen LogP contribution >= 0.6 is 0 Å². The molecule has 3 rings (SSSR count). The number of hydrogen-bond donors (Lipinski definition) is 1. The minimum absolute atomic E-state index is 0.167. The van der Waals surface area contributed by atoms with Crippen molar-refractivity contribution in [3.05, 3.63) is 66.2 Å². The van der Waals surface area contributed by atoms with Crippen LogP contribution in [0.15, 0.2) is 65.6 Å². The Morgan fingerprint density at radius 2 is 1.48 bits per heavy atom. The smallest absolute Gasteiger partial charge is 0.311 e. The molecule has 1 aliphatic heterocycles. The summed E-state index contributed by atoms with van der Waals surface area (Å²) in [7, 11) is -3.73. The number of carbonyl (C=O) groups is 2. The van der Waals surface area contributed by atoms with Crippen molar-refractivity contribution in [2.24, 2.45) is 0 Å². The van der Waals surface area contributed by atoms with E-state index in [1.807, 2.05) is 0 Å². The summed E-state index contributed by atoms with van der Waals surface area (Å²) >= 11 is 0. The second kappa shape index (κ2) is 8.35. The van der Waals surface area contributed by atoms with Gasteiger partial charge in [0.25, 0.3) is 0 Å². The number of hydrogen-bond acceptors (Lipinski definition) is 4. The summed E-state index contributed by atoms with van der Waals surface area (Å²) in [6, 6.07) is 16.8. The highest BCUT2D eigenvalue weighted by Gasteiger charge is 2.31. The van der Waals surface area contributed by atoms with Gasteiger partial charge in [0.2, 0.25) is 0 Å². The standard InChI is InChI=1S/C20H22N2O4S/c23-19(20(24)22-13-7-8-14-22)21-15-18(16-9-3-1-4-10-16)27(25,26)17-11-5-2-6-12-17/h1-6,9-12,18H,7-8,13-15H2,(H,21,23)/t18-/m1/s1. The predicted molar refractivity (Wildman–Crippen MR) is 102 cm³/mol. The minimum Gasteiger partial charge on any atom is -0.346 e. The monoisotopic (exact) mass is 386 g/mol. The van der Waals surface area contributed by atoms with E-state index in [1.54, 1.807) is 48.5 Å². The molecule has 1 fully saturated rings. The number of nitrogens with one attached hydrogen (secondary N) is 1. The molecule has 1 atom stereocenters. The van der Waals surface area contributed by atoms with Gasteiger partial charge < -0.3 is 10.2 Å². The van der Waals surface area contributed by atoms with Gasteiger partial charge in [-0.2, -0.15) is 0 Å². The molecule has 0 saturated carbocycles. The van der Waals surface area contributed by atoms with E-state index in [0.717, 1.165) is 12.8 Å². The zero-order valence-corrected chi connectivity index (χ0v) is 15.7. The van der Waals surface area contributed by atoms with Gasteiger partial charge in [-0.15, -0.1) is 0 Å². The first-order chi connectivity index (χ1) is 13.0. The summed E-state index contributed by atoms with van der Waals surface area (Å²) in [6.45, 7) is 0.965. The average molecular weight is 386 g/mol. The van der Waals surface area contributed by atoms with Crippen LogP contribution in [0.2, 0.25) is 0 Å². The van der Waals surface area contributed by atoms with Crippen LogP contribution in [0.3, 0.4) is 0 Å². The number of benzene rings is 2. The van der Waals surface area contributed by atoms with Gasteiger partial charge in [0.05, 0.1) is 4.90 Å². The maximum Gasteiger partial charge on any atom is 0.311 e. The highest BCUT2D eigenvalue weighted by Crippen LogP contribution is 2.28. The van der Waals surface area contributed by atoms with E-state index in [4.69, 9.17) is 0 Å². The van der Waals surface area contributed by atoms with Crippen LogP contribution in [-0.4, -0.2) is 44.8 Å². The molecule has 0 radical (unpaired) electrons. The third-order valence-corrected chi connectivity index (χ3v) is 6.77. The van der Waals surface area contributed by atoms with Crippen LogP contribution < -0.4 is 5.32 Å². The summed E-state index contributed by atoms with van der Waals surface area (Å²) in [6.07, 6.45) is 1.77. The Labute approximate surface area is 159 Å². The molecular weight excluding hydrogens is 364 g/mol. The minimum atomic E-state index is -3.73. The van der Waals surface area contributed by atoms with Crippen molar-refractivity contribution < 1.29 is 18.0 Å². The lowest BCUT2D eigenvalue weighted by Gasteiger charge is -2.20. The summed E-state index contributed by atoms with van der Waals surface area (Å²) in [4.78, 5) is 26.1. The third kappa shape index (κ3) is 4.36. The molecule has 142 valence electrons. The van der Waals surface area contributed by atoms with Gasteiger partial charge in [0.15, 0.2) is 9.84 Å². The molecule has 2 amide bonds. The Morgan fingerprint density at radius 3 is 2.07 bits per heavy atom. The molecule has 7 heteroatoms. The number of likely N-dealkylation sites (tertiary alicyclic amines) is 1. The van der Waals surface area contributed by atoms with Gasteiger partial charge in [-0.25, -0.2) is 8.42 Å². The molecule has 6 nitrogen and oxygen atoms in total. The molecule has 1 N–H and O–H groups in total. The summed E-state index contributed by atoms with van der Waals surface area (Å²) < 4.78 is 26.2. The molecule has 2 aromatic rings. The normalized spacial score (nSPS) is 15.3. The summed E-state index contributed by atoms with van der Waals surface area (Å²) in [5, 5.41) is 1.55. The fraction of sp³-hybridized carbons (Fsp3) is 0.300. The lowest BCUT2D eigenvalue weighted by atomic mass is 10.1. The van der Waals surface area contributed by atoms with E-state index in [2.05, 4.69) is 5.32 Å².